The van der Waals surface area contributed by atoms with Crippen LogP contribution < -0.4 is 5.32 Å². The Morgan fingerprint density at radius 1 is 1.39 bits per heavy atom. The van der Waals surface area contributed by atoms with E-state index < -0.39 is 29.6 Å². The predicted octanol–water partition coefficient (Wildman–Crippen LogP) is 1.95. The van der Waals surface area contributed by atoms with Gasteiger partial charge >= 0.3 is 5.97 Å². The number of carbonyl (C=O) groups excluding carboxylic acids is 1. The summed E-state index contributed by atoms with van der Waals surface area (Å²) in [6, 6.07) is 1.41. The number of hydrogen-bond donors (Lipinski definition) is 2. The van der Waals surface area contributed by atoms with Gasteiger partial charge in [-0.1, -0.05) is 13.3 Å². The number of hydrogen-bond acceptors (Lipinski definition) is 2. The van der Waals surface area contributed by atoms with Crippen molar-refractivity contribution < 1.29 is 23.5 Å². The second-order valence-corrected chi connectivity index (χ2v) is 3.78. The molecule has 1 amide bonds. The average Bonchev–Trinajstić information content (AvgIpc) is 2.27. The first kappa shape index (κ1) is 14.1. The van der Waals surface area contributed by atoms with E-state index in [0.717, 1.165) is 12.1 Å². The Labute approximate surface area is 103 Å². The molecule has 0 saturated carbocycles. The van der Waals surface area contributed by atoms with Crippen LogP contribution in [0.2, 0.25) is 0 Å². The first-order valence-corrected chi connectivity index (χ1v) is 5.44. The van der Waals surface area contributed by atoms with Crippen LogP contribution in [-0.4, -0.2) is 23.0 Å². The molecule has 0 aliphatic heterocycles. The average molecular weight is 257 g/mol. The SMILES string of the molecule is CCC[C@H](NC(=O)c1ccc(F)cc1F)C(=O)O. The maximum Gasteiger partial charge on any atom is 0.326 e. The van der Waals surface area contributed by atoms with E-state index in [1.807, 2.05) is 0 Å². The topological polar surface area (TPSA) is 66.4 Å². The minimum absolute atomic E-state index is 0.240. The van der Waals surface area contributed by atoms with Gasteiger partial charge in [0.25, 0.3) is 5.91 Å². The fraction of sp³-hybridized carbons (Fsp3) is 0.333. The number of carboxylic acids is 1. The van der Waals surface area contributed by atoms with Gasteiger partial charge in [0.05, 0.1) is 5.56 Å². The van der Waals surface area contributed by atoms with Crippen molar-refractivity contribution in [1.29, 1.82) is 0 Å². The summed E-state index contributed by atoms with van der Waals surface area (Å²) in [5, 5.41) is 11.0. The van der Waals surface area contributed by atoms with Gasteiger partial charge in [-0.15, -0.1) is 0 Å². The molecule has 0 aliphatic rings. The molecular formula is C12H13F2NO3. The molecule has 0 aliphatic carbocycles. The van der Waals surface area contributed by atoms with E-state index in [9.17, 15) is 18.4 Å². The lowest BCUT2D eigenvalue weighted by molar-refractivity contribution is -0.139. The van der Waals surface area contributed by atoms with Gasteiger partial charge in [0.2, 0.25) is 0 Å². The highest BCUT2D eigenvalue weighted by molar-refractivity contribution is 5.96. The summed E-state index contributed by atoms with van der Waals surface area (Å²) in [5.41, 5.74) is -0.376. The normalized spacial score (nSPS) is 11.9. The molecule has 4 nitrogen and oxygen atoms in total. The molecule has 6 heteroatoms. The lowest BCUT2D eigenvalue weighted by atomic mass is 10.1. The molecule has 0 heterocycles. The zero-order chi connectivity index (χ0) is 13.7. The Kier molecular flexibility index (Phi) is 4.76. The number of benzene rings is 1. The van der Waals surface area contributed by atoms with E-state index in [4.69, 9.17) is 5.11 Å². The van der Waals surface area contributed by atoms with Gasteiger partial charge in [0, 0.05) is 6.07 Å². The fourth-order valence-electron chi connectivity index (χ4n) is 1.46. The van der Waals surface area contributed by atoms with Crippen molar-refractivity contribution in [2.45, 2.75) is 25.8 Å². The number of amides is 1. The zero-order valence-corrected chi connectivity index (χ0v) is 9.74. The largest absolute Gasteiger partial charge is 0.480 e. The van der Waals surface area contributed by atoms with Crippen LogP contribution in [-0.2, 0) is 4.79 Å². The van der Waals surface area contributed by atoms with E-state index in [-0.39, 0.29) is 12.0 Å². The third kappa shape index (κ3) is 3.51. The Hall–Kier alpha value is -1.98. The van der Waals surface area contributed by atoms with Crippen LogP contribution in [0.4, 0.5) is 8.78 Å². The van der Waals surface area contributed by atoms with E-state index in [0.29, 0.717) is 12.5 Å². The van der Waals surface area contributed by atoms with Crippen LogP contribution >= 0.6 is 0 Å². The van der Waals surface area contributed by atoms with E-state index in [1.54, 1.807) is 6.92 Å². The molecule has 1 rings (SSSR count). The maximum atomic E-state index is 13.3. The van der Waals surface area contributed by atoms with Crippen molar-refractivity contribution in [2.75, 3.05) is 0 Å². The molecule has 2 N–H and O–H groups in total. The highest BCUT2D eigenvalue weighted by atomic mass is 19.1. The summed E-state index contributed by atoms with van der Waals surface area (Å²) in [6.45, 7) is 1.76. The summed E-state index contributed by atoms with van der Waals surface area (Å²) in [6.07, 6.45) is 0.799. The molecule has 0 bridgehead atoms. The molecule has 1 aromatic carbocycles. The van der Waals surface area contributed by atoms with Gasteiger partial charge in [-0.25, -0.2) is 13.6 Å². The highest BCUT2D eigenvalue weighted by Crippen LogP contribution is 2.10. The van der Waals surface area contributed by atoms with E-state index in [2.05, 4.69) is 5.32 Å². The fourth-order valence-corrected chi connectivity index (χ4v) is 1.46. The Bertz CT molecular complexity index is 463. The van der Waals surface area contributed by atoms with Crippen LogP contribution in [0.1, 0.15) is 30.1 Å². The number of nitrogens with one attached hydrogen (secondary N) is 1. The molecule has 0 radical (unpaired) electrons. The first-order chi connectivity index (χ1) is 8.45. The predicted molar refractivity (Wildman–Crippen MR) is 60.2 cm³/mol. The summed E-state index contributed by atoms with van der Waals surface area (Å²) >= 11 is 0. The van der Waals surface area contributed by atoms with Crippen molar-refractivity contribution in [2.24, 2.45) is 0 Å². The highest BCUT2D eigenvalue weighted by Gasteiger charge is 2.21. The molecule has 0 unspecified atom stereocenters. The Morgan fingerprint density at radius 2 is 2.06 bits per heavy atom. The number of aliphatic carboxylic acids is 1. The first-order valence-electron chi connectivity index (χ1n) is 5.44. The van der Waals surface area contributed by atoms with Crippen molar-refractivity contribution in [3.63, 3.8) is 0 Å². The zero-order valence-electron chi connectivity index (χ0n) is 9.74. The summed E-state index contributed by atoms with van der Waals surface area (Å²) in [4.78, 5) is 22.5. The number of halogens is 2. The minimum Gasteiger partial charge on any atom is -0.480 e. The molecule has 0 fully saturated rings. The van der Waals surface area contributed by atoms with Crippen molar-refractivity contribution >= 4 is 11.9 Å². The van der Waals surface area contributed by atoms with Gasteiger partial charge < -0.3 is 10.4 Å². The lowest BCUT2D eigenvalue weighted by Crippen LogP contribution is -2.40. The van der Waals surface area contributed by atoms with Crippen LogP contribution in [0.25, 0.3) is 0 Å². The van der Waals surface area contributed by atoms with Gasteiger partial charge in [-0.2, -0.15) is 0 Å². The monoisotopic (exact) mass is 257 g/mol. The van der Waals surface area contributed by atoms with Gasteiger partial charge in [0.15, 0.2) is 0 Å². The summed E-state index contributed by atoms with van der Waals surface area (Å²) < 4.78 is 25.9. The quantitative estimate of drug-likeness (QED) is 0.847. The number of carboxylic acid groups (broad SMARTS) is 1. The molecular weight excluding hydrogens is 244 g/mol. The smallest absolute Gasteiger partial charge is 0.326 e. The molecule has 0 spiro atoms. The van der Waals surface area contributed by atoms with Crippen LogP contribution in [0.15, 0.2) is 18.2 Å². The van der Waals surface area contributed by atoms with E-state index >= 15 is 0 Å². The summed E-state index contributed by atoms with van der Waals surface area (Å²) in [7, 11) is 0. The van der Waals surface area contributed by atoms with Crippen LogP contribution in [0.5, 0.6) is 0 Å². The Balaban J connectivity index is 2.83. The molecule has 0 saturated heterocycles. The number of carbonyl (C=O) groups is 2. The molecule has 1 aromatic rings. The van der Waals surface area contributed by atoms with Crippen molar-refractivity contribution in [3.05, 3.63) is 35.4 Å². The lowest BCUT2D eigenvalue weighted by Gasteiger charge is -2.13. The van der Waals surface area contributed by atoms with Crippen molar-refractivity contribution in [3.8, 4) is 0 Å². The van der Waals surface area contributed by atoms with Gasteiger partial charge in [0.1, 0.15) is 17.7 Å². The third-order valence-electron chi connectivity index (χ3n) is 2.36. The van der Waals surface area contributed by atoms with Gasteiger partial charge in [-0.3, -0.25) is 4.79 Å². The molecule has 18 heavy (non-hydrogen) atoms. The minimum atomic E-state index is -1.19. The summed E-state index contributed by atoms with van der Waals surface area (Å²) in [5.74, 6) is -3.87. The maximum absolute atomic E-state index is 13.3. The standard InChI is InChI=1S/C12H13F2NO3/c1-2-3-10(12(17)18)15-11(16)8-5-4-7(13)6-9(8)14/h4-6,10H,2-3H2,1H3,(H,15,16)(H,17,18)/t10-/m0/s1. The van der Waals surface area contributed by atoms with Crippen molar-refractivity contribution in [1.82, 2.24) is 5.32 Å². The van der Waals surface area contributed by atoms with Crippen LogP contribution in [0.3, 0.4) is 0 Å². The number of rotatable bonds is 5. The van der Waals surface area contributed by atoms with E-state index in [1.165, 1.54) is 0 Å². The second kappa shape index (κ2) is 6.09. The molecule has 98 valence electrons. The Morgan fingerprint density at radius 3 is 2.56 bits per heavy atom. The molecule has 1 atom stereocenters. The van der Waals surface area contributed by atoms with Crippen LogP contribution in [0, 0.1) is 11.6 Å². The molecule has 0 aromatic heterocycles. The third-order valence-corrected chi connectivity index (χ3v) is 2.36. The second-order valence-electron chi connectivity index (χ2n) is 3.78. The van der Waals surface area contributed by atoms with Gasteiger partial charge in [-0.05, 0) is 18.6 Å².